The zero-order valence-corrected chi connectivity index (χ0v) is 11.0. The van der Waals surface area contributed by atoms with Crippen LogP contribution < -0.4 is 4.72 Å². The third kappa shape index (κ3) is 3.71. The molecule has 0 saturated heterocycles. The number of sulfonamides is 1. The fourth-order valence-corrected chi connectivity index (χ4v) is 3.35. The number of aliphatic hydroxyl groups is 1. The first-order valence-corrected chi connectivity index (χ1v) is 7.08. The Morgan fingerprint density at radius 3 is 2.89 bits per heavy atom. The van der Waals surface area contributed by atoms with Gasteiger partial charge in [0.1, 0.15) is 0 Å². The van der Waals surface area contributed by atoms with E-state index < -0.39 is 27.8 Å². The van der Waals surface area contributed by atoms with Crippen molar-refractivity contribution in [3.8, 4) is 0 Å². The van der Waals surface area contributed by atoms with Gasteiger partial charge in [0.05, 0.1) is 18.2 Å². The van der Waals surface area contributed by atoms with Gasteiger partial charge >= 0.3 is 5.97 Å². The summed E-state index contributed by atoms with van der Waals surface area (Å²) in [6, 6.07) is 0. The Labute approximate surface area is 107 Å². The van der Waals surface area contributed by atoms with E-state index in [-0.39, 0.29) is 17.4 Å². The van der Waals surface area contributed by atoms with E-state index in [0.29, 0.717) is 11.3 Å². The minimum absolute atomic E-state index is 0.0308. The number of hydrogen-bond donors (Lipinski definition) is 3. The van der Waals surface area contributed by atoms with Crippen molar-refractivity contribution < 1.29 is 28.2 Å². The molecular formula is C8H12N2O6S2. The molecule has 0 bridgehead atoms. The van der Waals surface area contributed by atoms with E-state index in [2.05, 4.69) is 14.4 Å². The molecule has 0 fully saturated rings. The number of rotatable bonds is 7. The molecular weight excluding hydrogens is 284 g/mol. The highest BCUT2D eigenvalue weighted by atomic mass is 32.2. The number of aliphatic hydroxyl groups excluding tert-OH is 1. The highest BCUT2D eigenvalue weighted by molar-refractivity contribution is 7.91. The van der Waals surface area contributed by atoms with Crippen LogP contribution in [-0.4, -0.2) is 55.9 Å². The minimum Gasteiger partial charge on any atom is -0.476 e. The lowest BCUT2D eigenvalue weighted by Crippen LogP contribution is -2.34. The molecule has 0 aliphatic heterocycles. The van der Waals surface area contributed by atoms with Crippen LogP contribution in [0.1, 0.15) is 10.5 Å². The number of thiazole rings is 1. The molecule has 0 saturated carbocycles. The van der Waals surface area contributed by atoms with E-state index in [1.807, 2.05) is 0 Å². The molecule has 1 unspecified atom stereocenters. The molecule has 1 atom stereocenters. The number of aromatic carboxylic acids is 1. The molecule has 3 N–H and O–H groups in total. The van der Waals surface area contributed by atoms with Crippen molar-refractivity contribution in [1.29, 1.82) is 0 Å². The molecule has 10 heteroatoms. The Hall–Kier alpha value is -1.07. The maximum atomic E-state index is 11.8. The van der Waals surface area contributed by atoms with E-state index in [1.54, 1.807) is 0 Å². The summed E-state index contributed by atoms with van der Waals surface area (Å²) in [6.07, 6.45) is -1.01. The Kier molecular flexibility index (Phi) is 5.16. The van der Waals surface area contributed by atoms with Crippen LogP contribution in [0.3, 0.4) is 0 Å². The first-order valence-electron chi connectivity index (χ1n) is 4.72. The topological polar surface area (TPSA) is 126 Å². The van der Waals surface area contributed by atoms with Gasteiger partial charge in [-0.15, -0.1) is 11.3 Å². The highest BCUT2D eigenvalue weighted by Crippen LogP contribution is 2.19. The zero-order chi connectivity index (χ0) is 13.8. The van der Waals surface area contributed by atoms with Gasteiger partial charge in [-0.25, -0.2) is 22.9 Å². The van der Waals surface area contributed by atoms with E-state index in [1.165, 1.54) is 7.11 Å². The summed E-state index contributed by atoms with van der Waals surface area (Å²) >= 11 is 0.695. The van der Waals surface area contributed by atoms with Gasteiger partial charge in [-0.2, -0.15) is 0 Å². The van der Waals surface area contributed by atoms with Crippen molar-refractivity contribution >= 4 is 27.3 Å². The molecule has 102 valence electrons. The van der Waals surface area contributed by atoms with Crippen molar-refractivity contribution in [2.24, 2.45) is 0 Å². The molecule has 18 heavy (non-hydrogen) atoms. The fourth-order valence-electron chi connectivity index (χ4n) is 1.09. The van der Waals surface area contributed by atoms with Crippen LogP contribution in [0.2, 0.25) is 0 Å². The summed E-state index contributed by atoms with van der Waals surface area (Å²) in [5, 5.41) is 18.1. The van der Waals surface area contributed by atoms with Gasteiger partial charge < -0.3 is 14.9 Å². The predicted octanol–water partition coefficient (Wildman–Crippen LogP) is -0.873. The third-order valence-electron chi connectivity index (χ3n) is 1.85. The van der Waals surface area contributed by atoms with Gasteiger partial charge in [-0.05, 0) is 0 Å². The SMILES string of the molecule is COCC(O)CNS(=O)(=O)c1scnc1C(=O)O. The zero-order valence-electron chi connectivity index (χ0n) is 9.36. The number of hydrogen-bond acceptors (Lipinski definition) is 7. The largest absolute Gasteiger partial charge is 0.476 e. The Bertz CT molecular complexity index is 511. The number of methoxy groups -OCH3 is 1. The van der Waals surface area contributed by atoms with Gasteiger partial charge in [0.25, 0.3) is 10.0 Å². The molecule has 0 radical (unpaired) electrons. The number of aromatic nitrogens is 1. The number of ether oxygens (including phenoxy) is 1. The van der Waals surface area contributed by atoms with E-state index in [9.17, 15) is 18.3 Å². The van der Waals surface area contributed by atoms with E-state index in [4.69, 9.17) is 5.11 Å². The van der Waals surface area contributed by atoms with Crippen molar-refractivity contribution in [2.45, 2.75) is 10.3 Å². The molecule has 1 aromatic rings. The van der Waals surface area contributed by atoms with Crippen molar-refractivity contribution in [3.05, 3.63) is 11.2 Å². The monoisotopic (exact) mass is 296 g/mol. The molecule has 1 aromatic heterocycles. The fraction of sp³-hybridized carbons (Fsp3) is 0.500. The number of carboxylic acids is 1. The molecule has 0 amide bonds. The summed E-state index contributed by atoms with van der Waals surface area (Å²) in [5.41, 5.74) is 0.595. The molecule has 1 rings (SSSR count). The highest BCUT2D eigenvalue weighted by Gasteiger charge is 2.25. The van der Waals surface area contributed by atoms with Gasteiger partial charge in [0.2, 0.25) is 0 Å². The van der Waals surface area contributed by atoms with Gasteiger partial charge in [0, 0.05) is 13.7 Å². The van der Waals surface area contributed by atoms with Crippen LogP contribution >= 0.6 is 11.3 Å². The average molecular weight is 296 g/mol. The predicted molar refractivity (Wildman–Crippen MR) is 62.1 cm³/mol. The van der Waals surface area contributed by atoms with E-state index >= 15 is 0 Å². The first kappa shape index (κ1) is 15.0. The lowest BCUT2D eigenvalue weighted by Gasteiger charge is -2.10. The van der Waals surface area contributed by atoms with Crippen molar-refractivity contribution in [2.75, 3.05) is 20.3 Å². The Morgan fingerprint density at radius 2 is 2.33 bits per heavy atom. The third-order valence-corrected chi connectivity index (χ3v) is 4.64. The van der Waals surface area contributed by atoms with Gasteiger partial charge in [-0.3, -0.25) is 0 Å². The van der Waals surface area contributed by atoms with Gasteiger partial charge in [-0.1, -0.05) is 0 Å². The standard InChI is InChI=1S/C8H12N2O6S2/c1-16-3-5(11)2-10-18(14,15)8-6(7(12)13)9-4-17-8/h4-5,10-11H,2-3H2,1H3,(H,12,13). The smallest absolute Gasteiger partial charge is 0.356 e. The van der Waals surface area contributed by atoms with Gasteiger partial charge in [0.15, 0.2) is 9.90 Å². The van der Waals surface area contributed by atoms with Crippen molar-refractivity contribution in [3.63, 3.8) is 0 Å². The molecule has 0 aliphatic rings. The van der Waals surface area contributed by atoms with Crippen LogP contribution in [0.4, 0.5) is 0 Å². The van der Waals surface area contributed by atoms with Crippen LogP contribution in [0.25, 0.3) is 0 Å². The molecule has 0 spiro atoms. The van der Waals surface area contributed by atoms with Crippen LogP contribution in [0.15, 0.2) is 9.72 Å². The number of nitrogens with one attached hydrogen (secondary N) is 1. The lowest BCUT2D eigenvalue weighted by atomic mass is 10.4. The average Bonchev–Trinajstić information content (AvgIpc) is 2.76. The maximum Gasteiger partial charge on any atom is 0.356 e. The Balaban J connectivity index is 2.80. The lowest BCUT2D eigenvalue weighted by molar-refractivity contribution is 0.0679. The second-order valence-electron chi connectivity index (χ2n) is 3.25. The van der Waals surface area contributed by atoms with Crippen LogP contribution in [0.5, 0.6) is 0 Å². The van der Waals surface area contributed by atoms with Crippen LogP contribution in [-0.2, 0) is 14.8 Å². The van der Waals surface area contributed by atoms with E-state index in [0.717, 1.165) is 5.51 Å². The maximum absolute atomic E-state index is 11.8. The molecule has 1 heterocycles. The second-order valence-corrected chi connectivity index (χ2v) is 6.07. The molecule has 8 nitrogen and oxygen atoms in total. The molecule has 0 aromatic carbocycles. The minimum atomic E-state index is -4.00. The quantitative estimate of drug-likeness (QED) is 0.597. The first-order chi connectivity index (χ1) is 8.38. The number of carbonyl (C=O) groups is 1. The van der Waals surface area contributed by atoms with Crippen molar-refractivity contribution in [1.82, 2.24) is 9.71 Å². The summed E-state index contributed by atoms with van der Waals surface area (Å²) in [7, 11) is -2.63. The normalized spacial score (nSPS) is 13.4. The second kappa shape index (κ2) is 6.20. The van der Waals surface area contributed by atoms with Crippen LogP contribution in [0, 0.1) is 0 Å². The summed E-state index contributed by atoms with van der Waals surface area (Å²) in [6.45, 7) is -0.301. The number of nitrogens with zero attached hydrogens (tertiary/aromatic N) is 1. The summed E-state index contributed by atoms with van der Waals surface area (Å²) in [4.78, 5) is 14.2. The summed E-state index contributed by atoms with van der Waals surface area (Å²) in [5.74, 6) is -1.42. The summed E-state index contributed by atoms with van der Waals surface area (Å²) < 4.78 is 29.9. The Morgan fingerprint density at radius 1 is 1.67 bits per heavy atom. The molecule has 0 aliphatic carbocycles. The number of carboxylic acid groups (broad SMARTS) is 1.